The van der Waals surface area contributed by atoms with Gasteiger partial charge in [0, 0.05) is 0 Å². The van der Waals surface area contributed by atoms with Crippen molar-refractivity contribution in [3.05, 3.63) is 40.3 Å². The first-order chi connectivity index (χ1) is 12.6. The molecule has 2 aliphatic rings. The molecule has 0 aromatic heterocycles. The van der Waals surface area contributed by atoms with Crippen LogP contribution in [0.5, 0.6) is 0 Å². The third-order valence-electron chi connectivity index (χ3n) is 6.85. The van der Waals surface area contributed by atoms with Crippen molar-refractivity contribution in [2.24, 2.45) is 0 Å². The van der Waals surface area contributed by atoms with E-state index in [-0.39, 0.29) is 24.8 Å². The molecular formula is C24H48Cl2Si3Zr. The summed E-state index contributed by atoms with van der Waals surface area (Å²) in [5.74, 6) is 0. The van der Waals surface area contributed by atoms with Crippen LogP contribution in [0.2, 0.25) is 48.5 Å². The summed E-state index contributed by atoms with van der Waals surface area (Å²) in [6.07, 6.45) is 13.1. The Balaban J connectivity index is 0.00000420. The van der Waals surface area contributed by atoms with Gasteiger partial charge in [0.25, 0.3) is 0 Å². The average Bonchev–Trinajstić information content (AvgIpc) is 3.12. The van der Waals surface area contributed by atoms with Crippen molar-refractivity contribution in [2.45, 2.75) is 101 Å². The van der Waals surface area contributed by atoms with Gasteiger partial charge in [0.2, 0.25) is 0 Å². The van der Waals surface area contributed by atoms with Crippen LogP contribution in [0.4, 0.5) is 0 Å². The summed E-state index contributed by atoms with van der Waals surface area (Å²) in [5.41, 5.74) is 3.47. The predicted octanol–water partition coefficient (Wildman–Crippen LogP) is 8.69. The summed E-state index contributed by atoms with van der Waals surface area (Å²) in [6, 6.07) is 0. The van der Waals surface area contributed by atoms with Gasteiger partial charge >= 0.3 is 182 Å². The van der Waals surface area contributed by atoms with E-state index in [9.17, 15) is 0 Å². The van der Waals surface area contributed by atoms with Crippen LogP contribution < -0.4 is 0 Å². The Kier molecular flexibility index (Phi) is 10.9. The number of allylic oxidation sites excluding steroid dienone is 8. The van der Waals surface area contributed by atoms with Crippen LogP contribution in [-0.2, 0) is 17.4 Å². The number of halogens is 2. The molecule has 0 amide bonds. The number of rotatable bonds is 8. The minimum absolute atomic E-state index is 0. The minimum Gasteiger partial charge on any atom is -0.147 e. The van der Waals surface area contributed by atoms with Gasteiger partial charge < -0.3 is 0 Å². The molecule has 0 aromatic carbocycles. The van der Waals surface area contributed by atoms with Gasteiger partial charge in [0.1, 0.15) is 0 Å². The summed E-state index contributed by atoms with van der Waals surface area (Å²) in [5, 5.41) is 3.68. The van der Waals surface area contributed by atoms with Crippen molar-refractivity contribution in [1.82, 2.24) is 0 Å². The number of hydrogen-bond acceptors (Lipinski definition) is 0. The van der Waals surface area contributed by atoms with Gasteiger partial charge in [-0.05, 0) is 0 Å². The van der Waals surface area contributed by atoms with Gasteiger partial charge in [-0.15, -0.1) is 24.8 Å². The van der Waals surface area contributed by atoms with Gasteiger partial charge in [0.15, 0.2) is 0 Å². The Labute approximate surface area is 204 Å². The summed E-state index contributed by atoms with van der Waals surface area (Å²) < 4.78 is 9.52. The summed E-state index contributed by atoms with van der Waals surface area (Å²) >= 11 is -3.18. The van der Waals surface area contributed by atoms with Crippen LogP contribution in [0.3, 0.4) is 0 Å². The molecule has 0 fully saturated rings. The fourth-order valence-corrected chi connectivity index (χ4v) is 34.0. The minimum atomic E-state index is -3.18. The maximum absolute atomic E-state index is 3.18. The van der Waals surface area contributed by atoms with E-state index in [1.54, 1.807) is 11.1 Å². The molecule has 30 heavy (non-hydrogen) atoms. The molecule has 0 aliphatic heterocycles. The van der Waals surface area contributed by atoms with Gasteiger partial charge in [-0.3, -0.25) is 0 Å². The second kappa shape index (κ2) is 10.6. The van der Waals surface area contributed by atoms with Crippen LogP contribution in [-0.4, -0.2) is 23.0 Å². The van der Waals surface area contributed by atoms with Crippen molar-refractivity contribution in [1.29, 1.82) is 0 Å². The standard InChI is InChI=1S/2C11H19Si.2CH3.2ClH.H2Si.Zr/c2*1-5-6-10-7-8-11(9-10)12(2,3)4;;;;;;/h2*9H,5-7H2,1-4H3;2*1H3;2*1H;1H2;. The Bertz CT molecular complexity index is 777. The van der Waals surface area contributed by atoms with Crippen molar-refractivity contribution in [3.63, 3.8) is 0 Å². The topological polar surface area (TPSA) is 0 Å². The van der Waals surface area contributed by atoms with Gasteiger partial charge in [-0.2, -0.15) is 0 Å². The van der Waals surface area contributed by atoms with Crippen LogP contribution >= 0.6 is 24.8 Å². The zero-order valence-electron chi connectivity index (χ0n) is 21.4. The van der Waals surface area contributed by atoms with Gasteiger partial charge in [-0.1, -0.05) is 0 Å². The molecule has 0 bridgehead atoms. The van der Waals surface area contributed by atoms with Crippen molar-refractivity contribution in [2.75, 3.05) is 0 Å². The molecule has 0 saturated heterocycles. The molecule has 174 valence electrons. The number of hydrogen-bond donors (Lipinski definition) is 0. The fourth-order valence-electron chi connectivity index (χ4n) is 5.24. The molecule has 0 radical (unpaired) electrons. The normalized spacial score (nSPS) is 18.2. The molecule has 0 aromatic rings. The van der Waals surface area contributed by atoms with Crippen molar-refractivity contribution < 1.29 is 17.4 Å². The first kappa shape index (κ1) is 31.1. The third kappa shape index (κ3) is 6.57. The molecular weight excluding hydrogens is 535 g/mol. The summed E-state index contributed by atoms with van der Waals surface area (Å²) in [6.45, 7) is 22.6. The molecule has 0 N–H and O–H groups in total. The second-order valence-corrected chi connectivity index (χ2v) is 51.2. The zero-order valence-corrected chi connectivity index (χ0v) is 28.9. The SMILES string of the molecule is CCCC1=CC([Si](C)(C)C)=[C]([Zr]([CH3])([CH3])(=[SiH2])[C]2=C([Si](C)(C)C)C=C(CCC)C2)C1.Cl.Cl. The quantitative estimate of drug-likeness (QED) is 0.251. The maximum Gasteiger partial charge on any atom is -0.147 e. The van der Waals surface area contributed by atoms with Crippen LogP contribution in [0.15, 0.2) is 40.3 Å². The molecule has 0 spiro atoms. The third-order valence-corrected chi connectivity index (χ3v) is 29.0. The van der Waals surface area contributed by atoms with Crippen LogP contribution in [0.1, 0.15) is 52.4 Å². The molecule has 0 heterocycles. The Morgan fingerprint density at radius 2 is 1.03 bits per heavy atom. The van der Waals surface area contributed by atoms with Crippen molar-refractivity contribution >= 4 is 47.8 Å². The van der Waals surface area contributed by atoms with E-state index in [1.165, 1.54) is 38.5 Å². The summed E-state index contributed by atoms with van der Waals surface area (Å²) in [7, 11) is -2.67. The van der Waals surface area contributed by atoms with E-state index in [4.69, 9.17) is 0 Å². The van der Waals surface area contributed by atoms with Crippen molar-refractivity contribution in [3.8, 4) is 0 Å². The molecule has 0 atom stereocenters. The molecule has 2 aliphatic carbocycles. The van der Waals surface area contributed by atoms with E-state index in [0.717, 1.165) is 0 Å². The van der Waals surface area contributed by atoms with E-state index < -0.39 is 33.5 Å². The Morgan fingerprint density at radius 1 is 0.733 bits per heavy atom. The molecule has 6 heteroatoms. The van der Waals surface area contributed by atoms with Gasteiger partial charge in [0.05, 0.1) is 0 Å². The predicted molar refractivity (Wildman–Crippen MR) is 151 cm³/mol. The molecule has 0 saturated carbocycles. The summed E-state index contributed by atoms with van der Waals surface area (Å²) in [4.78, 5) is 0. The first-order valence-electron chi connectivity index (χ1n) is 11.5. The second-order valence-electron chi connectivity index (χ2n) is 12.4. The van der Waals surface area contributed by atoms with E-state index in [0.29, 0.717) is 0 Å². The van der Waals surface area contributed by atoms with E-state index >= 15 is 0 Å². The molecule has 0 nitrogen and oxygen atoms in total. The fraction of sp³-hybridized carbons (Fsp3) is 0.667. The monoisotopic (exact) mass is 580 g/mol. The first-order valence-corrected chi connectivity index (χ1v) is 31.8. The van der Waals surface area contributed by atoms with Gasteiger partial charge in [-0.25, -0.2) is 0 Å². The Morgan fingerprint density at radius 3 is 1.27 bits per heavy atom. The largest absolute Gasteiger partial charge is 0.147 e. The Hall–Kier alpha value is 1.07. The van der Waals surface area contributed by atoms with Crippen LogP contribution in [0.25, 0.3) is 0 Å². The molecule has 2 rings (SSSR count). The zero-order chi connectivity index (χ0) is 21.6. The smallest absolute Gasteiger partial charge is 0.147 e. The van der Waals surface area contributed by atoms with Crippen LogP contribution in [0, 0.1) is 0 Å². The van der Waals surface area contributed by atoms with E-state index in [1.807, 2.05) is 17.0 Å². The molecule has 0 unspecified atom stereocenters. The maximum atomic E-state index is 2.79. The van der Waals surface area contributed by atoms with E-state index in [2.05, 4.69) is 81.4 Å². The average molecular weight is 583 g/mol.